The van der Waals surface area contributed by atoms with Crippen LogP contribution in [0.1, 0.15) is 51.9 Å². The quantitative estimate of drug-likeness (QED) is 0.687. The summed E-state index contributed by atoms with van der Waals surface area (Å²) in [6.45, 7) is 2.35. The molecular weight excluding hydrogens is 234 g/mol. The normalized spacial score (nSPS) is 17.4. The van der Waals surface area contributed by atoms with E-state index >= 15 is 0 Å². The van der Waals surface area contributed by atoms with Crippen LogP contribution in [-0.4, -0.2) is 29.8 Å². The van der Waals surface area contributed by atoms with Crippen LogP contribution in [0.2, 0.25) is 0 Å². The molecule has 5 nitrogen and oxygen atoms in total. The van der Waals surface area contributed by atoms with Gasteiger partial charge in [0.05, 0.1) is 6.61 Å². The number of alkyl carbamates (subject to hydrolysis) is 1. The Balaban J connectivity index is 2.32. The van der Waals surface area contributed by atoms with Crippen LogP contribution in [0, 0.1) is 5.92 Å². The third kappa shape index (κ3) is 5.38. The molecule has 1 rings (SSSR count). The van der Waals surface area contributed by atoms with E-state index in [2.05, 4.69) is 5.32 Å². The molecular formula is C13H23NO4. The summed E-state index contributed by atoms with van der Waals surface area (Å²) < 4.78 is 4.91. The second kappa shape index (κ2) is 7.95. The van der Waals surface area contributed by atoms with Crippen molar-refractivity contribution in [3.8, 4) is 0 Å². The highest BCUT2D eigenvalue weighted by Crippen LogP contribution is 2.28. The molecule has 1 atom stereocenters. The molecule has 1 amide bonds. The van der Waals surface area contributed by atoms with E-state index in [9.17, 15) is 9.59 Å². The molecule has 0 heterocycles. The average Bonchev–Trinajstić information content (AvgIpc) is 2.81. The molecule has 104 valence electrons. The fourth-order valence-electron chi connectivity index (χ4n) is 2.29. The zero-order chi connectivity index (χ0) is 13.4. The first-order valence-corrected chi connectivity index (χ1v) is 6.79. The second-order valence-electron chi connectivity index (χ2n) is 4.91. The SMILES string of the molecule is CCCCOC(=O)NC(CC1CCCC1)C(=O)O. The van der Waals surface area contributed by atoms with Crippen LogP contribution in [-0.2, 0) is 9.53 Å². The highest BCUT2D eigenvalue weighted by molar-refractivity contribution is 5.79. The minimum atomic E-state index is -0.977. The third-order valence-electron chi connectivity index (χ3n) is 3.37. The van der Waals surface area contributed by atoms with E-state index < -0.39 is 18.1 Å². The fraction of sp³-hybridized carbons (Fsp3) is 0.846. The number of amides is 1. The number of hydrogen-bond acceptors (Lipinski definition) is 3. The van der Waals surface area contributed by atoms with E-state index in [4.69, 9.17) is 9.84 Å². The molecule has 0 aromatic carbocycles. The molecule has 0 spiro atoms. The monoisotopic (exact) mass is 257 g/mol. The van der Waals surface area contributed by atoms with Gasteiger partial charge in [-0.25, -0.2) is 9.59 Å². The molecule has 0 aliphatic heterocycles. The van der Waals surface area contributed by atoms with Crippen LogP contribution in [0.5, 0.6) is 0 Å². The van der Waals surface area contributed by atoms with Gasteiger partial charge in [-0.2, -0.15) is 0 Å². The highest BCUT2D eigenvalue weighted by Gasteiger charge is 2.26. The summed E-state index contributed by atoms with van der Waals surface area (Å²) in [6, 6.07) is -0.817. The predicted octanol–water partition coefficient (Wildman–Crippen LogP) is 2.55. The maximum atomic E-state index is 11.4. The molecule has 1 aliphatic rings. The van der Waals surface area contributed by atoms with Gasteiger partial charge in [0.2, 0.25) is 0 Å². The van der Waals surface area contributed by atoms with Gasteiger partial charge >= 0.3 is 12.1 Å². The second-order valence-corrected chi connectivity index (χ2v) is 4.91. The number of aliphatic carboxylic acids is 1. The van der Waals surface area contributed by atoms with Crippen LogP contribution in [0.15, 0.2) is 0 Å². The summed E-state index contributed by atoms with van der Waals surface area (Å²) in [5.74, 6) is -0.559. The van der Waals surface area contributed by atoms with Crippen molar-refractivity contribution in [3.63, 3.8) is 0 Å². The number of ether oxygens (including phenoxy) is 1. The Labute approximate surface area is 108 Å². The van der Waals surface area contributed by atoms with Gasteiger partial charge in [0, 0.05) is 0 Å². The van der Waals surface area contributed by atoms with Crippen LogP contribution < -0.4 is 5.32 Å². The van der Waals surface area contributed by atoms with E-state index in [1.807, 2.05) is 6.92 Å². The smallest absolute Gasteiger partial charge is 0.407 e. The molecule has 0 aromatic heterocycles. The summed E-state index contributed by atoms with van der Waals surface area (Å²) in [5, 5.41) is 11.5. The zero-order valence-corrected chi connectivity index (χ0v) is 11.0. The fourth-order valence-corrected chi connectivity index (χ4v) is 2.29. The Bertz CT molecular complexity index is 274. The van der Waals surface area contributed by atoms with E-state index in [1.165, 1.54) is 0 Å². The van der Waals surface area contributed by atoms with Crippen molar-refractivity contribution >= 4 is 12.1 Å². The van der Waals surface area contributed by atoms with Gasteiger partial charge in [-0.1, -0.05) is 39.0 Å². The lowest BCUT2D eigenvalue weighted by atomic mass is 9.98. The molecule has 1 saturated carbocycles. The van der Waals surface area contributed by atoms with Crippen molar-refractivity contribution in [3.05, 3.63) is 0 Å². The lowest BCUT2D eigenvalue weighted by Crippen LogP contribution is -2.42. The first-order valence-electron chi connectivity index (χ1n) is 6.79. The summed E-state index contributed by atoms with van der Waals surface area (Å²) >= 11 is 0. The Hall–Kier alpha value is -1.26. The van der Waals surface area contributed by atoms with E-state index in [1.54, 1.807) is 0 Å². The number of hydrogen-bond donors (Lipinski definition) is 2. The van der Waals surface area contributed by atoms with Crippen molar-refractivity contribution in [2.45, 2.75) is 57.9 Å². The van der Waals surface area contributed by atoms with Crippen LogP contribution in [0.4, 0.5) is 4.79 Å². The molecule has 1 unspecified atom stereocenters. The van der Waals surface area contributed by atoms with Crippen molar-refractivity contribution < 1.29 is 19.4 Å². The van der Waals surface area contributed by atoms with Crippen LogP contribution >= 0.6 is 0 Å². The van der Waals surface area contributed by atoms with E-state index in [-0.39, 0.29) is 0 Å². The average molecular weight is 257 g/mol. The van der Waals surface area contributed by atoms with Crippen molar-refractivity contribution in [2.75, 3.05) is 6.61 Å². The van der Waals surface area contributed by atoms with Gasteiger partial charge in [-0.3, -0.25) is 0 Å². The number of carbonyl (C=O) groups is 2. The largest absolute Gasteiger partial charge is 0.480 e. The molecule has 1 fully saturated rings. The molecule has 2 N–H and O–H groups in total. The Morgan fingerprint density at radius 3 is 2.61 bits per heavy atom. The molecule has 0 saturated heterocycles. The maximum Gasteiger partial charge on any atom is 0.407 e. The molecule has 0 bridgehead atoms. The Kier molecular flexibility index (Phi) is 6.54. The van der Waals surface area contributed by atoms with E-state index in [0.29, 0.717) is 18.9 Å². The maximum absolute atomic E-state index is 11.4. The first kappa shape index (κ1) is 14.8. The van der Waals surface area contributed by atoms with Gasteiger partial charge in [0.15, 0.2) is 0 Å². The number of rotatable bonds is 7. The molecule has 1 aliphatic carbocycles. The number of carboxylic acid groups (broad SMARTS) is 1. The topological polar surface area (TPSA) is 75.6 Å². The number of carbonyl (C=O) groups excluding carboxylic acids is 1. The standard InChI is InChI=1S/C13H23NO4/c1-2-3-8-18-13(17)14-11(12(15)16)9-10-6-4-5-7-10/h10-11H,2-9H2,1H3,(H,14,17)(H,15,16). The number of carboxylic acids is 1. The molecule has 0 aromatic rings. The van der Waals surface area contributed by atoms with Gasteiger partial charge in [-0.15, -0.1) is 0 Å². The number of unbranched alkanes of at least 4 members (excludes halogenated alkanes) is 1. The van der Waals surface area contributed by atoms with Crippen molar-refractivity contribution in [1.29, 1.82) is 0 Å². The summed E-state index contributed by atoms with van der Waals surface area (Å²) in [7, 11) is 0. The highest BCUT2D eigenvalue weighted by atomic mass is 16.5. The van der Waals surface area contributed by atoms with Crippen LogP contribution in [0.3, 0.4) is 0 Å². The summed E-state index contributed by atoms with van der Waals surface area (Å²) in [5.41, 5.74) is 0. The minimum absolute atomic E-state index is 0.345. The van der Waals surface area contributed by atoms with Gasteiger partial charge in [-0.05, 0) is 18.8 Å². The predicted molar refractivity (Wildman–Crippen MR) is 67.4 cm³/mol. The summed E-state index contributed by atoms with van der Waals surface area (Å²) in [6.07, 6.45) is 6.10. The van der Waals surface area contributed by atoms with E-state index in [0.717, 1.165) is 38.5 Å². The van der Waals surface area contributed by atoms with Gasteiger partial charge in [0.1, 0.15) is 6.04 Å². The Morgan fingerprint density at radius 2 is 2.06 bits per heavy atom. The van der Waals surface area contributed by atoms with Gasteiger partial charge < -0.3 is 15.2 Å². The molecule has 5 heteroatoms. The zero-order valence-electron chi connectivity index (χ0n) is 11.0. The first-order chi connectivity index (χ1) is 8.63. The minimum Gasteiger partial charge on any atom is -0.480 e. The number of nitrogens with one attached hydrogen (secondary N) is 1. The third-order valence-corrected chi connectivity index (χ3v) is 3.37. The van der Waals surface area contributed by atoms with Crippen molar-refractivity contribution in [2.24, 2.45) is 5.92 Å². The summed E-state index contributed by atoms with van der Waals surface area (Å²) in [4.78, 5) is 22.5. The Morgan fingerprint density at radius 1 is 1.39 bits per heavy atom. The van der Waals surface area contributed by atoms with Gasteiger partial charge in [0.25, 0.3) is 0 Å². The van der Waals surface area contributed by atoms with Crippen molar-refractivity contribution in [1.82, 2.24) is 5.32 Å². The lowest BCUT2D eigenvalue weighted by molar-refractivity contribution is -0.139. The van der Waals surface area contributed by atoms with Crippen LogP contribution in [0.25, 0.3) is 0 Å². The lowest BCUT2D eigenvalue weighted by Gasteiger charge is -2.17. The molecule has 0 radical (unpaired) electrons. The molecule has 18 heavy (non-hydrogen) atoms.